The first-order valence-electron chi connectivity index (χ1n) is 8.92. The Balaban J connectivity index is 1.87. The van der Waals surface area contributed by atoms with E-state index in [9.17, 15) is 0 Å². The Morgan fingerprint density at radius 1 is 1.32 bits per heavy atom. The molecule has 0 saturated heterocycles. The van der Waals surface area contributed by atoms with Gasteiger partial charge in [-0.25, -0.2) is 4.98 Å². The Morgan fingerprint density at radius 2 is 2.04 bits per heavy atom. The average Bonchev–Trinajstić information content (AvgIpc) is 3.14. The van der Waals surface area contributed by atoms with Gasteiger partial charge in [0.1, 0.15) is 5.01 Å². The van der Waals surface area contributed by atoms with E-state index in [4.69, 9.17) is 4.43 Å². The quantitative estimate of drug-likeness (QED) is 0.680. The zero-order chi connectivity index (χ0) is 18.7. The lowest BCUT2D eigenvalue weighted by Gasteiger charge is -2.38. The standard InChI is InChI=1S/C18H32N4OSSi/c1-14(13-22-10-8-9-21-22)19-11-16-12-20-17(24-16)15(2)23-25(6,7)18(3,4)5/h8-10,12,14-15,19H,11,13H2,1-7H3/t14-,15+/m1/s1. The molecule has 0 aliphatic heterocycles. The molecule has 140 valence electrons. The van der Waals surface area contributed by atoms with Crippen LogP contribution < -0.4 is 5.32 Å². The molecular weight excluding hydrogens is 348 g/mol. The molecule has 0 aliphatic rings. The molecule has 0 bridgehead atoms. The number of rotatable bonds is 8. The maximum atomic E-state index is 6.45. The Kier molecular flexibility index (Phi) is 6.59. The van der Waals surface area contributed by atoms with E-state index in [-0.39, 0.29) is 11.1 Å². The Bertz CT molecular complexity index is 648. The molecule has 2 aromatic rings. The number of nitrogens with zero attached hydrogens (tertiary/aromatic N) is 3. The largest absolute Gasteiger partial charge is 0.408 e. The minimum atomic E-state index is -1.77. The summed E-state index contributed by atoms with van der Waals surface area (Å²) in [6.07, 6.45) is 5.83. The summed E-state index contributed by atoms with van der Waals surface area (Å²) in [7, 11) is -1.77. The average molecular weight is 381 g/mol. The van der Waals surface area contributed by atoms with E-state index in [0.29, 0.717) is 6.04 Å². The predicted molar refractivity (Wildman–Crippen MR) is 107 cm³/mol. The molecule has 7 heteroatoms. The molecule has 0 amide bonds. The van der Waals surface area contributed by atoms with E-state index in [0.717, 1.165) is 18.1 Å². The van der Waals surface area contributed by atoms with Crippen molar-refractivity contribution in [2.75, 3.05) is 0 Å². The van der Waals surface area contributed by atoms with Gasteiger partial charge in [0, 0.05) is 36.1 Å². The van der Waals surface area contributed by atoms with Crippen LogP contribution >= 0.6 is 11.3 Å². The normalized spacial score (nSPS) is 15.3. The van der Waals surface area contributed by atoms with Crippen molar-refractivity contribution in [2.24, 2.45) is 0 Å². The second-order valence-corrected chi connectivity index (χ2v) is 14.1. The van der Waals surface area contributed by atoms with Gasteiger partial charge < -0.3 is 9.74 Å². The molecule has 5 nitrogen and oxygen atoms in total. The molecule has 2 atom stereocenters. The second kappa shape index (κ2) is 8.12. The molecule has 1 N–H and O–H groups in total. The third kappa shape index (κ3) is 5.74. The van der Waals surface area contributed by atoms with Crippen LogP contribution in [0.3, 0.4) is 0 Å². The van der Waals surface area contributed by atoms with Crippen molar-refractivity contribution >= 4 is 19.7 Å². The summed E-state index contributed by atoms with van der Waals surface area (Å²) >= 11 is 1.74. The van der Waals surface area contributed by atoms with E-state index in [1.807, 2.05) is 29.3 Å². The Morgan fingerprint density at radius 3 is 2.64 bits per heavy atom. The lowest BCUT2D eigenvalue weighted by Crippen LogP contribution is -2.41. The van der Waals surface area contributed by atoms with Crippen molar-refractivity contribution in [3.05, 3.63) is 34.5 Å². The maximum Gasteiger partial charge on any atom is 0.193 e. The highest BCUT2D eigenvalue weighted by atomic mass is 32.1. The van der Waals surface area contributed by atoms with Gasteiger partial charge in [0.15, 0.2) is 8.32 Å². The van der Waals surface area contributed by atoms with Crippen molar-refractivity contribution in [1.29, 1.82) is 0 Å². The van der Waals surface area contributed by atoms with E-state index >= 15 is 0 Å². The monoisotopic (exact) mass is 380 g/mol. The maximum absolute atomic E-state index is 6.45. The van der Waals surface area contributed by atoms with E-state index in [1.54, 1.807) is 11.3 Å². The molecule has 0 fully saturated rings. The predicted octanol–water partition coefficient (Wildman–Crippen LogP) is 4.60. The smallest absolute Gasteiger partial charge is 0.193 e. The summed E-state index contributed by atoms with van der Waals surface area (Å²) in [4.78, 5) is 5.84. The molecule has 0 unspecified atom stereocenters. The van der Waals surface area contributed by atoms with E-state index in [1.165, 1.54) is 4.88 Å². The number of nitrogens with one attached hydrogen (secondary N) is 1. The van der Waals surface area contributed by atoms with Crippen LogP contribution in [0.1, 0.15) is 50.6 Å². The van der Waals surface area contributed by atoms with Crippen LogP contribution in [0.5, 0.6) is 0 Å². The Labute approximate surface area is 157 Å². The van der Waals surface area contributed by atoms with Gasteiger partial charge in [-0.2, -0.15) is 5.10 Å². The molecule has 0 radical (unpaired) electrons. The fourth-order valence-corrected chi connectivity index (χ4v) is 4.57. The van der Waals surface area contributed by atoms with Gasteiger partial charge in [-0.3, -0.25) is 4.68 Å². The first-order chi connectivity index (χ1) is 11.6. The van der Waals surface area contributed by atoms with Crippen molar-refractivity contribution in [2.45, 2.75) is 78.0 Å². The third-order valence-electron chi connectivity index (χ3n) is 4.84. The lowest BCUT2D eigenvalue weighted by atomic mass is 10.2. The van der Waals surface area contributed by atoms with Crippen molar-refractivity contribution in [3.8, 4) is 0 Å². The van der Waals surface area contributed by atoms with Gasteiger partial charge in [-0.15, -0.1) is 11.3 Å². The van der Waals surface area contributed by atoms with Crippen LogP contribution in [0.15, 0.2) is 24.7 Å². The third-order valence-corrected chi connectivity index (χ3v) is 10.6. The van der Waals surface area contributed by atoms with Crippen LogP contribution in [0.25, 0.3) is 0 Å². The van der Waals surface area contributed by atoms with Crippen LogP contribution in [0.2, 0.25) is 18.1 Å². The molecule has 0 saturated carbocycles. The summed E-state index contributed by atoms with van der Waals surface area (Å²) < 4.78 is 8.40. The molecule has 0 aliphatic carbocycles. The van der Waals surface area contributed by atoms with Crippen LogP contribution in [-0.2, 0) is 17.5 Å². The minimum absolute atomic E-state index is 0.0566. The van der Waals surface area contributed by atoms with E-state index < -0.39 is 8.32 Å². The highest BCUT2D eigenvalue weighted by Gasteiger charge is 2.39. The highest BCUT2D eigenvalue weighted by molar-refractivity contribution is 7.11. The molecule has 2 heterocycles. The number of thiazole rings is 1. The zero-order valence-corrected chi connectivity index (χ0v) is 18.4. The molecule has 0 spiro atoms. The van der Waals surface area contributed by atoms with Crippen molar-refractivity contribution < 1.29 is 4.43 Å². The molecule has 0 aromatic carbocycles. The number of aromatic nitrogens is 3. The SMILES string of the molecule is C[C@H](Cn1cccn1)NCc1cnc([C@H](C)O[Si](C)(C)C(C)(C)C)s1. The Hall–Kier alpha value is -1.02. The lowest BCUT2D eigenvalue weighted by molar-refractivity contribution is 0.202. The van der Waals surface area contributed by atoms with Crippen LogP contribution in [0.4, 0.5) is 0 Å². The summed E-state index contributed by atoms with van der Waals surface area (Å²) in [6.45, 7) is 17.4. The number of hydrogen-bond acceptors (Lipinski definition) is 5. The minimum Gasteiger partial charge on any atom is -0.408 e. The van der Waals surface area contributed by atoms with Gasteiger partial charge in [-0.05, 0) is 38.0 Å². The van der Waals surface area contributed by atoms with Crippen molar-refractivity contribution in [1.82, 2.24) is 20.1 Å². The topological polar surface area (TPSA) is 52.0 Å². The second-order valence-electron chi connectivity index (χ2n) is 8.20. The zero-order valence-electron chi connectivity index (χ0n) is 16.5. The first kappa shape index (κ1) is 20.3. The molecule has 2 rings (SSSR count). The van der Waals surface area contributed by atoms with Crippen molar-refractivity contribution in [3.63, 3.8) is 0 Å². The van der Waals surface area contributed by atoms with Gasteiger partial charge in [-0.1, -0.05) is 20.8 Å². The van der Waals surface area contributed by atoms with Gasteiger partial charge >= 0.3 is 0 Å². The van der Waals surface area contributed by atoms with Crippen LogP contribution in [0, 0.1) is 0 Å². The van der Waals surface area contributed by atoms with Gasteiger partial charge in [0.2, 0.25) is 0 Å². The van der Waals surface area contributed by atoms with E-state index in [2.05, 4.69) is 63.1 Å². The summed E-state index contributed by atoms with van der Waals surface area (Å²) in [6, 6.07) is 2.30. The fraction of sp³-hybridized carbons (Fsp3) is 0.667. The van der Waals surface area contributed by atoms with Gasteiger partial charge in [0.25, 0.3) is 0 Å². The first-order valence-corrected chi connectivity index (χ1v) is 12.6. The number of hydrogen-bond donors (Lipinski definition) is 1. The van der Waals surface area contributed by atoms with Crippen LogP contribution in [-0.4, -0.2) is 29.1 Å². The highest BCUT2D eigenvalue weighted by Crippen LogP contribution is 2.40. The summed E-state index contributed by atoms with van der Waals surface area (Å²) in [5.74, 6) is 0. The summed E-state index contributed by atoms with van der Waals surface area (Å²) in [5, 5.41) is 9.07. The molecular formula is C18H32N4OSSi. The summed E-state index contributed by atoms with van der Waals surface area (Å²) in [5.41, 5.74) is 0. The fourth-order valence-electron chi connectivity index (χ4n) is 2.29. The van der Waals surface area contributed by atoms with Gasteiger partial charge in [0.05, 0.1) is 12.6 Å². The molecule has 25 heavy (non-hydrogen) atoms. The molecule has 2 aromatic heterocycles.